The van der Waals surface area contributed by atoms with Gasteiger partial charge in [0.1, 0.15) is 0 Å². The Morgan fingerprint density at radius 1 is 1.45 bits per heavy atom. The highest BCUT2D eigenvalue weighted by Gasteiger charge is 2.11. The van der Waals surface area contributed by atoms with E-state index in [1.807, 2.05) is 6.92 Å². The van der Waals surface area contributed by atoms with Crippen LogP contribution in [0.15, 0.2) is 18.3 Å². The number of hydrogen-bond acceptors (Lipinski definition) is 4. The zero-order valence-electron chi connectivity index (χ0n) is 11.4. The normalized spacial score (nSPS) is 10.1. The van der Waals surface area contributed by atoms with Gasteiger partial charge in [-0.05, 0) is 25.5 Å². The Labute approximate surface area is 117 Å². The summed E-state index contributed by atoms with van der Waals surface area (Å²) >= 11 is 0. The van der Waals surface area contributed by atoms with Gasteiger partial charge in [-0.2, -0.15) is 0 Å². The maximum Gasteiger partial charge on any atom is 0.335 e. The van der Waals surface area contributed by atoms with Crippen molar-refractivity contribution in [3.63, 3.8) is 0 Å². The Balaban J connectivity index is 2.55. The molecule has 1 rings (SSSR count). The number of carboxylic acid groups (broad SMARTS) is 1. The van der Waals surface area contributed by atoms with Gasteiger partial charge in [-0.3, -0.25) is 4.98 Å². The molecule has 0 saturated carbocycles. The van der Waals surface area contributed by atoms with E-state index in [9.17, 15) is 9.59 Å². The third-order valence-corrected chi connectivity index (χ3v) is 2.74. The van der Waals surface area contributed by atoms with Crippen molar-refractivity contribution >= 4 is 12.0 Å². The van der Waals surface area contributed by atoms with E-state index < -0.39 is 5.97 Å². The van der Waals surface area contributed by atoms with Crippen LogP contribution in [0.3, 0.4) is 0 Å². The van der Waals surface area contributed by atoms with Crippen molar-refractivity contribution in [1.29, 1.82) is 0 Å². The number of nitrogens with zero attached hydrogens (tertiary/aromatic N) is 2. The summed E-state index contributed by atoms with van der Waals surface area (Å²) in [6, 6.07) is 2.56. The Hall–Kier alpha value is -2.15. The first kappa shape index (κ1) is 15.9. The average molecular weight is 281 g/mol. The molecule has 20 heavy (non-hydrogen) atoms. The highest BCUT2D eigenvalue weighted by molar-refractivity contribution is 5.87. The number of aromatic nitrogens is 1. The van der Waals surface area contributed by atoms with Crippen LogP contribution in [0.5, 0.6) is 0 Å². The van der Waals surface area contributed by atoms with Crippen molar-refractivity contribution in [2.24, 2.45) is 0 Å². The minimum atomic E-state index is -1.03. The maximum atomic E-state index is 11.9. The van der Waals surface area contributed by atoms with E-state index in [2.05, 4.69) is 10.3 Å². The summed E-state index contributed by atoms with van der Waals surface area (Å²) in [5.74, 6) is -1.03. The van der Waals surface area contributed by atoms with Crippen molar-refractivity contribution in [3.05, 3.63) is 29.6 Å². The zero-order valence-corrected chi connectivity index (χ0v) is 11.4. The van der Waals surface area contributed by atoms with E-state index in [-0.39, 0.29) is 24.7 Å². The predicted molar refractivity (Wildman–Crippen MR) is 72.4 cm³/mol. The molecular weight excluding hydrogens is 262 g/mol. The van der Waals surface area contributed by atoms with Crippen LogP contribution in [-0.2, 0) is 6.54 Å². The average Bonchev–Trinajstić information content (AvgIpc) is 2.46. The standard InChI is InChI=1S/C13H19N3O4/c1-2-16(6-3-7-17)13(20)15-9-11-8-10(12(18)19)4-5-14-11/h4-5,8,17H,2-3,6-7,9H2,1H3,(H,15,20)(H,18,19). The lowest BCUT2D eigenvalue weighted by atomic mass is 10.2. The summed E-state index contributed by atoms with van der Waals surface area (Å²) in [5, 5.41) is 20.3. The molecule has 0 aromatic carbocycles. The summed E-state index contributed by atoms with van der Waals surface area (Å²) in [4.78, 5) is 28.2. The first-order valence-corrected chi connectivity index (χ1v) is 6.40. The van der Waals surface area contributed by atoms with Gasteiger partial charge in [0.05, 0.1) is 17.8 Å². The van der Waals surface area contributed by atoms with Crippen LogP contribution in [0.25, 0.3) is 0 Å². The lowest BCUT2D eigenvalue weighted by Gasteiger charge is -2.20. The number of urea groups is 1. The Morgan fingerprint density at radius 3 is 2.80 bits per heavy atom. The third-order valence-electron chi connectivity index (χ3n) is 2.74. The molecule has 0 fully saturated rings. The molecule has 110 valence electrons. The molecule has 1 aromatic heterocycles. The molecule has 2 amide bonds. The van der Waals surface area contributed by atoms with Crippen molar-refractivity contribution in [3.8, 4) is 0 Å². The van der Waals surface area contributed by atoms with Crippen LogP contribution in [0.1, 0.15) is 29.4 Å². The first-order chi connectivity index (χ1) is 9.58. The number of aromatic carboxylic acids is 1. The number of amides is 2. The molecule has 7 nitrogen and oxygen atoms in total. The van der Waals surface area contributed by atoms with Gasteiger partial charge in [0.25, 0.3) is 0 Å². The largest absolute Gasteiger partial charge is 0.478 e. The van der Waals surface area contributed by atoms with Crippen LogP contribution >= 0.6 is 0 Å². The second-order valence-electron chi connectivity index (χ2n) is 4.16. The molecule has 0 bridgehead atoms. The number of pyridine rings is 1. The number of nitrogens with one attached hydrogen (secondary N) is 1. The monoisotopic (exact) mass is 281 g/mol. The van der Waals surface area contributed by atoms with Crippen LogP contribution < -0.4 is 5.32 Å². The molecule has 0 aliphatic rings. The Morgan fingerprint density at radius 2 is 2.20 bits per heavy atom. The molecule has 0 radical (unpaired) electrons. The van der Waals surface area contributed by atoms with Gasteiger partial charge in [0, 0.05) is 25.9 Å². The van der Waals surface area contributed by atoms with Gasteiger partial charge in [0.2, 0.25) is 0 Å². The summed E-state index contributed by atoms with van der Waals surface area (Å²) < 4.78 is 0. The molecule has 3 N–H and O–H groups in total. The lowest BCUT2D eigenvalue weighted by molar-refractivity contribution is 0.0696. The number of carbonyl (C=O) groups is 2. The highest BCUT2D eigenvalue weighted by atomic mass is 16.4. The summed E-state index contributed by atoms with van der Waals surface area (Å²) in [7, 11) is 0. The minimum absolute atomic E-state index is 0.0337. The topological polar surface area (TPSA) is 103 Å². The predicted octanol–water partition coefficient (Wildman–Crippen LogP) is 0.694. The second-order valence-corrected chi connectivity index (χ2v) is 4.16. The first-order valence-electron chi connectivity index (χ1n) is 6.40. The van der Waals surface area contributed by atoms with E-state index in [0.717, 1.165) is 0 Å². The third kappa shape index (κ3) is 4.85. The number of aliphatic hydroxyl groups excluding tert-OH is 1. The van der Waals surface area contributed by atoms with Gasteiger partial charge in [0.15, 0.2) is 0 Å². The van der Waals surface area contributed by atoms with E-state index >= 15 is 0 Å². The smallest absolute Gasteiger partial charge is 0.335 e. The molecule has 0 aliphatic carbocycles. The van der Waals surface area contributed by atoms with Crippen molar-refractivity contribution in [2.45, 2.75) is 19.9 Å². The van der Waals surface area contributed by atoms with Crippen LogP contribution in [0.4, 0.5) is 4.79 Å². The molecular formula is C13H19N3O4. The van der Waals surface area contributed by atoms with Crippen molar-refractivity contribution < 1.29 is 19.8 Å². The highest BCUT2D eigenvalue weighted by Crippen LogP contribution is 2.02. The van der Waals surface area contributed by atoms with Crippen molar-refractivity contribution in [1.82, 2.24) is 15.2 Å². The molecule has 0 atom stereocenters. The van der Waals surface area contributed by atoms with Crippen LogP contribution in [0, 0.1) is 0 Å². The number of carbonyl (C=O) groups excluding carboxylic acids is 1. The number of carboxylic acids is 1. The summed E-state index contributed by atoms with van der Waals surface area (Å²) in [5.41, 5.74) is 0.619. The Kier molecular flexibility index (Phi) is 6.45. The molecule has 0 saturated heterocycles. The fourth-order valence-corrected chi connectivity index (χ4v) is 1.65. The molecule has 0 spiro atoms. The van der Waals surface area contributed by atoms with Gasteiger partial charge < -0.3 is 20.4 Å². The number of hydrogen-bond donors (Lipinski definition) is 3. The zero-order chi connectivity index (χ0) is 15.0. The van der Waals surface area contributed by atoms with Gasteiger partial charge in [-0.1, -0.05) is 0 Å². The fraction of sp³-hybridized carbons (Fsp3) is 0.462. The van der Waals surface area contributed by atoms with Gasteiger partial charge in [-0.25, -0.2) is 9.59 Å². The lowest BCUT2D eigenvalue weighted by Crippen LogP contribution is -2.40. The quantitative estimate of drug-likeness (QED) is 0.682. The van der Waals surface area contributed by atoms with E-state index in [1.54, 1.807) is 4.90 Å². The van der Waals surface area contributed by atoms with Crippen molar-refractivity contribution in [2.75, 3.05) is 19.7 Å². The van der Waals surface area contributed by atoms with Crippen LogP contribution in [0.2, 0.25) is 0 Å². The SMILES string of the molecule is CCN(CCCO)C(=O)NCc1cc(C(=O)O)ccn1. The van der Waals surface area contributed by atoms with Crippen LogP contribution in [-0.4, -0.2) is 51.8 Å². The van der Waals surface area contributed by atoms with Gasteiger partial charge >= 0.3 is 12.0 Å². The molecule has 1 aromatic rings. The second kappa shape index (κ2) is 8.11. The molecule has 0 unspecified atom stereocenters. The molecule has 7 heteroatoms. The fourth-order valence-electron chi connectivity index (χ4n) is 1.65. The maximum absolute atomic E-state index is 11.9. The van der Waals surface area contributed by atoms with E-state index in [1.165, 1.54) is 18.3 Å². The Bertz CT molecular complexity index is 465. The van der Waals surface area contributed by atoms with E-state index in [0.29, 0.717) is 25.2 Å². The van der Waals surface area contributed by atoms with E-state index in [4.69, 9.17) is 10.2 Å². The minimum Gasteiger partial charge on any atom is -0.478 e. The molecule has 1 heterocycles. The summed E-state index contributed by atoms with van der Waals surface area (Å²) in [6.45, 7) is 3.05. The number of rotatable bonds is 7. The number of aliphatic hydroxyl groups is 1. The van der Waals surface area contributed by atoms with Gasteiger partial charge in [-0.15, -0.1) is 0 Å². The summed E-state index contributed by atoms with van der Waals surface area (Å²) in [6.07, 6.45) is 1.92. The molecule has 0 aliphatic heterocycles.